The standard InChI is InChI=1S/C28H33IN2O8/c1-3-38-17-25(34)31(15-18-7-5-4-6-8-18)22-13-20(28(36)30-9-10-32)14-23(26(22)35)39-27-21(29)11-19(16-33)12-24(27)37-2/h4-8,11-12,14,16,22-23,26,32,35H,3,9-10,13,15,17H2,1-2H3,(H,30,36)/t22-,23+,26+/m1/s1. The van der Waals surface area contributed by atoms with Gasteiger partial charge in [0.2, 0.25) is 11.8 Å². The first kappa shape index (κ1) is 30.5. The number of hydrogen-bond acceptors (Lipinski definition) is 8. The molecule has 1 aliphatic rings. The summed E-state index contributed by atoms with van der Waals surface area (Å²) in [5, 5.41) is 23.4. The van der Waals surface area contributed by atoms with Gasteiger partial charge in [-0.1, -0.05) is 30.3 Å². The molecular weight excluding hydrogens is 619 g/mol. The van der Waals surface area contributed by atoms with E-state index in [4.69, 9.17) is 14.2 Å². The van der Waals surface area contributed by atoms with E-state index in [-0.39, 0.29) is 50.1 Å². The van der Waals surface area contributed by atoms with E-state index in [1.165, 1.54) is 24.2 Å². The van der Waals surface area contributed by atoms with Gasteiger partial charge < -0.3 is 34.6 Å². The van der Waals surface area contributed by atoms with E-state index in [9.17, 15) is 24.6 Å². The van der Waals surface area contributed by atoms with Gasteiger partial charge >= 0.3 is 0 Å². The maximum Gasteiger partial charge on any atom is 0.249 e. The molecule has 0 saturated carbocycles. The molecule has 11 heteroatoms. The summed E-state index contributed by atoms with van der Waals surface area (Å²) < 4.78 is 17.6. The van der Waals surface area contributed by atoms with Gasteiger partial charge in [-0.05, 0) is 53.3 Å². The van der Waals surface area contributed by atoms with Gasteiger partial charge in [0.05, 0.1) is 23.3 Å². The monoisotopic (exact) mass is 652 g/mol. The van der Waals surface area contributed by atoms with E-state index in [1.54, 1.807) is 13.0 Å². The number of methoxy groups -OCH3 is 1. The van der Waals surface area contributed by atoms with Crippen molar-refractivity contribution >= 4 is 40.7 Å². The van der Waals surface area contributed by atoms with E-state index < -0.39 is 24.2 Å². The smallest absolute Gasteiger partial charge is 0.249 e. The Hall–Kier alpha value is -3.00. The number of rotatable bonds is 13. The summed E-state index contributed by atoms with van der Waals surface area (Å²) in [6.45, 7) is 1.93. The average Bonchev–Trinajstić information content (AvgIpc) is 2.95. The summed E-state index contributed by atoms with van der Waals surface area (Å²) in [4.78, 5) is 39.2. The molecule has 0 radical (unpaired) electrons. The van der Waals surface area contributed by atoms with Crippen molar-refractivity contribution in [3.05, 3.63) is 68.8 Å². The number of nitrogens with one attached hydrogen (secondary N) is 1. The SMILES string of the molecule is CCOCC(=O)N(Cc1ccccc1)[C@@H]1CC(C(=O)NCCO)=C[C@H](Oc2c(I)cc(C=O)cc2OC)[C@H]1O. The highest BCUT2D eigenvalue weighted by molar-refractivity contribution is 14.1. The minimum Gasteiger partial charge on any atom is -0.493 e. The molecule has 0 aromatic heterocycles. The van der Waals surface area contributed by atoms with Crippen molar-refractivity contribution in [3.8, 4) is 11.5 Å². The van der Waals surface area contributed by atoms with E-state index in [2.05, 4.69) is 5.32 Å². The highest BCUT2D eigenvalue weighted by Gasteiger charge is 2.41. The number of nitrogens with zero attached hydrogens (tertiary/aromatic N) is 1. The summed E-state index contributed by atoms with van der Waals surface area (Å²) in [6.07, 6.45) is 0.00206. The number of aliphatic hydroxyl groups is 2. The van der Waals surface area contributed by atoms with Crippen molar-refractivity contribution in [3.63, 3.8) is 0 Å². The molecule has 0 saturated heterocycles. The number of aliphatic hydroxyl groups excluding tert-OH is 2. The molecule has 0 unspecified atom stereocenters. The molecule has 0 heterocycles. The second kappa shape index (κ2) is 15.0. The zero-order valence-corrected chi connectivity index (χ0v) is 24.0. The van der Waals surface area contributed by atoms with Crippen LogP contribution in [0.3, 0.4) is 0 Å². The molecular formula is C28H33IN2O8. The molecule has 0 spiro atoms. The van der Waals surface area contributed by atoms with Crippen LogP contribution in [-0.4, -0.2) is 84.9 Å². The van der Waals surface area contributed by atoms with Gasteiger partial charge in [-0.3, -0.25) is 14.4 Å². The minimum absolute atomic E-state index is 0.0464. The Morgan fingerprint density at radius 2 is 1.97 bits per heavy atom. The molecule has 0 aliphatic heterocycles. The zero-order chi connectivity index (χ0) is 28.4. The summed E-state index contributed by atoms with van der Waals surface area (Å²) in [6, 6.07) is 11.6. The Morgan fingerprint density at radius 3 is 2.62 bits per heavy atom. The molecule has 2 aromatic carbocycles. The summed E-state index contributed by atoms with van der Waals surface area (Å²) >= 11 is 2.00. The predicted octanol–water partition coefficient (Wildman–Crippen LogP) is 2.09. The largest absolute Gasteiger partial charge is 0.493 e. The molecule has 2 amide bonds. The average molecular weight is 652 g/mol. The van der Waals surface area contributed by atoms with Gasteiger partial charge in [-0.2, -0.15) is 0 Å². The quantitative estimate of drug-likeness (QED) is 0.221. The van der Waals surface area contributed by atoms with Crippen LogP contribution in [0.5, 0.6) is 11.5 Å². The predicted molar refractivity (Wildman–Crippen MR) is 152 cm³/mol. The molecule has 0 bridgehead atoms. The Balaban J connectivity index is 2.02. The van der Waals surface area contributed by atoms with Crippen LogP contribution in [0.15, 0.2) is 54.1 Å². The number of amides is 2. The van der Waals surface area contributed by atoms with Gasteiger partial charge in [0.25, 0.3) is 0 Å². The Bertz CT molecular complexity index is 1170. The van der Waals surface area contributed by atoms with Crippen LogP contribution in [0.25, 0.3) is 0 Å². The van der Waals surface area contributed by atoms with E-state index in [0.717, 1.165) is 5.56 Å². The third kappa shape index (κ3) is 8.01. The van der Waals surface area contributed by atoms with Crippen molar-refractivity contribution < 1.29 is 38.8 Å². The highest BCUT2D eigenvalue weighted by atomic mass is 127. The van der Waals surface area contributed by atoms with Crippen LogP contribution in [0, 0.1) is 3.57 Å². The Morgan fingerprint density at radius 1 is 1.23 bits per heavy atom. The first-order valence-electron chi connectivity index (χ1n) is 12.5. The van der Waals surface area contributed by atoms with Gasteiger partial charge in [-0.25, -0.2) is 0 Å². The van der Waals surface area contributed by atoms with Crippen molar-refractivity contribution in [2.75, 3.05) is 33.5 Å². The van der Waals surface area contributed by atoms with Gasteiger partial charge in [0.15, 0.2) is 11.5 Å². The van der Waals surface area contributed by atoms with Crippen molar-refractivity contribution in [2.45, 2.75) is 38.1 Å². The lowest BCUT2D eigenvalue weighted by Crippen LogP contribution is -2.55. The molecule has 3 rings (SSSR count). The summed E-state index contributed by atoms with van der Waals surface area (Å²) in [5.41, 5.74) is 1.53. The highest BCUT2D eigenvalue weighted by Crippen LogP contribution is 2.37. The zero-order valence-electron chi connectivity index (χ0n) is 21.8. The number of aldehydes is 1. The number of benzene rings is 2. The molecule has 1 aliphatic carbocycles. The third-order valence-corrected chi connectivity index (χ3v) is 7.00. The first-order valence-corrected chi connectivity index (χ1v) is 13.6. The van der Waals surface area contributed by atoms with Gasteiger partial charge in [-0.15, -0.1) is 0 Å². The normalized spacial score (nSPS) is 18.6. The van der Waals surface area contributed by atoms with Crippen LogP contribution in [0.4, 0.5) is 0 Å². The fraction of sp³-hybridized carbons (Fsp3) is 0.393. The van der Waals surface area contributed by atoms with Crippen LogP contribution >= 0.6 is 22.6 Å². The van der Waals surface area contributed by atoms with Crippen LogP contribution in [-0.2, 0) is 20.9 Å². The lowest BCUT2D eigenvalue weighted by atomic mass is 9.87. The molecule has 2 aromatic rings. The van der Waals surface area contributed by atoms with Crippen molar-refractivity contribution in [1.29, 1.82) is 0 Å². The summed E-state index contributed by atoms with van der Waals surface area (Å²) in [7, 11) is 1.44. The second-order valence-corrected chi connectivity index (χ2v) is 9.97. The number of hydrogen-bond donors (Lipinski definition) is 3. The fourth-order valence-corrected chi connectivity index (χ4v) is 5.03. The second-order valence-electron chi connectivity index (χ2n) is 8.81. The Labute approximate surface area is 241 Å². The van der Waals surface area contributed by atoms with Crippen LogP contribution in [0.1, 0.15) is 29.3 Å². The van der Waals surface area contributed by atoms with E-state index >= 15 is 0 Å². The fourth-order valence-electron chi connectivity index (χ4n) is 4.28. The lowest BCUT2D eigenvalue weighted by Gasteiger charge is -2.40. The number of carbonyl (C=O) groups is 3. The number of carbonyl (C=O) groups excluding carboxylic acids is 3. The minimum atomic E-state index is -1.22. The van der Waals surface area contributed by atoms with E-state index in [1.807, 2.05) is 52.9 Å². The van der Waals surface area contributed by atoms with E-state index in [0.29, 0.717) is 27.6 Å². The molecule has 0 fully saturated rings. The molecule has 3 atom stereocenters. The lowest BCUT2D eigenvalue weighted by molar-refractivity contribution is -0.144. The number of ether oxygens (including phenoxy) is 3. The number of halogens is 1. The van der Waals surface area contributed by atoms with Crippen molar-refractivity contribution in [2.24, 2.45) is 0 Å². The van der Waals surface area contributed by atoms with Crippen molar-refractivity contribution in [1.82, 2.24) is 10.2 Å². The molecule has 3 N–H and O–H groups in total. The summed E-state index contributed by atoms with van der Waals surface area (Å²) in [5.74, 6) is -0.214. The third-order valence-electron chi connectivity index (χ3n) is 6.20. The van der Waals surface area contributed by atoms with Crippen LogP contribution in [0.2, 0.25) is 0 Å². The maximum atomic E-state index is 13.3. The first-order chi connectivity index (χ1) is 18.8. The maximum absolute atomic E-state index is 13.3. The molecule has 210 valence electrons. The van der Waals surface area contributed by atoms with Gasteiger partial charge in [0, 0.05) is 37.3 Å². The topological polar surface area (TPSA) is 135 Å². The van der Waals surface area contributed by atoms with Crippen LogP contribution < -0.4 is 14.8 Å². The van der Waals surface area contributed by atoms with Gasteiger partial charge in [0.1, 0.15) is 25.1 Å². The molecule has 10 nitrogen and oxygen atoms in total. The Kier molecular flexibility index (Phi) is 11.7. The molecule has 39 heavy (non-hydrogen) atoms.